The van der Waals surface area contributed by atoms with Gasteiger partial charge < -0.3 is 14.8 Å². The number of sulfonamides is 1. The van der Waals surface area contributed by atoms with Crippen LogP contribution >= 0.6 is 0 Å². The number of amides is 1. The van der Waals surface area contributed by atoms with E-state index >= 15 is 0 Å². The summed E-state index contributed by atoms with van der Waals surface area (Å²) in [5, 5.41) is 2.84. The van der Waals surface area contributed by atoms with E-state index in [2.05, 4.69) is 5.32 Å². The quantitative estimate of drug-likeness (QED) is 0.727. The monoisotopic (exact) mass is 432 g/mol. The highest BCUT2D eigenvalue weighted by molar-refractivity contribution is 7.89. The predicted molar refractivity (Wildman–Crippen MR) is 114 cm³/mol. The van der Waals surface area contributed by atoms with E-state index in [1.165, 1.54) is 11.4 Å². The van der Waals surface area contributed by atoms with Gasteiger partial charge in [0.05, 0.1) is 19.1 Å². The average molecular weight is 433 g/mol. The molecule has 0 saturated carbocycles. The Bertz CT molecular complexity index is 989. The Hall–Kier alpha value is -2.58. The molecule has 0 aliphatic carbocycles. The lowest BCUT2D eigenvalue weighted by Crippen LogP contribution is -2.48. The molecular formula is C22H28N2O5S. The summed E-state index contributed by atoms with van der Waals surface area (Å²) in [6.07, 6.45) is 2.08. The van der Waals surface area contributed by atoms with Crippen LogP contribution in [-0.2, 0) is 21.4 Å². The number of rotatable bonds is 7. The molecule has 1 aliphatic heterocycles. The summed E-state index contributed by atoms with van der Waals surface area (Å²) in [5.41, 5.74) is 1.67. The van der Waals surface area contributed by atoms with Crippen LogP contribution in [0.1, 0.15) is 30.4 Å². The van der Waals surface area contributed by atoms with Crippen LogP contribution < -0.4 is 14.8 Å². The molecule has 2 aromatic rings. The summed E-state index contributed by atoms with van der Waals surface area (Å²) in [4.78, 5) is 12.9. The molecule has 1 aliphatic rings. The molecule has 30 heavy (non-hydrogen) atoms. The van der Waals surface area contributed by atoms with Crippen molar-refractivity contribution in [1.29, 1.82) is 0 Å². The van der Waals surface area contributed by atoms with Gasteiger partial charge in [-0.2, -0.15) is 4.31 Å². The van der Waals surface area contributed by atoms with Crippen LogP contribution in [0.4, 0.5) is 0 Å². The Morgan fingerprint density at radius 1 is 1.03 bits per heavy atom. The zero-order valence-electron chi connectivity index (χ0n) is 17.6. The smallest absolute Gasteiger partial charge is 0.244 e. The third-order valence-corrected chi connectivity index (χ3v) is 7.14. The summed E-state index contributed by atoms with van der Waals surface area (Å²) in [6.45, 7) is 2.51. The number of carbonyl (C=O) groups excluding carboxylic acids is 1. The number of ether oxygens (including phenoxy) is 2. The second-order valence-corrected chi connectivity index (χ2v) is 9.25. The maximum absolute atomic E-state index is 13.6. The molecule has 0 bridgehead atoms. The van der Waals surface area contributed by atoms with Crippen LogP contribution in [0.5, 0.6) is 11.5 Å². The van der Waals surface area contributed by atoms with Crippen molar-refractivity contribution in [3.05, 3.63) is 53.6 Å². The van der Waals surface area contributed by atoms with Crippen molar-refractivity contribution < 1.29 is 22.7 Å². The Kier molecular flexibility index (Phi) is 6.99. The van der Waals surface area contributed by atoms with Gasteiger partial charge in [-0.3, -0.25) is 4.79 Å². The SMILES string of the molecule is COc1ccc(CN(C2CCCCNC2=O)S(=O)(=O)c2ccc(C)cc2)cc1OC. The number of benzene rings is 2. The van der Waals surface area contributed by atoms with Crippen LogP contribution in [0.3, 0.4) is 0 Å². The molecule has 8 heteroatoms. The van der Waals surface area contributed by atoms with E-state index in [0.29, 0.717) is 30.0 Å². The molecule has 1 amide bonds. The molecule has 162 valence electrons. The van der Waals surface area contributed by atoms with Gasteiger partial charge in [-0.25, -0.2) is 8.42 Å². The van der Waals surface area contributed by atoms with Gasteiger partial charge in [-0.1, -0.05) is 23.8 Å². The van der Waals surface area contributed by atoms with Gasteiger partial charge in [0, 0.05) is 13.1 Å². The molecule has 2 aromatic carbocycles. The maximum atomic E-state index is 13.6. The molecule has 7 nitrogen and oxygen atoms in total. The Labute approximate surface area is 178 Å². The van der Waals surface area contributed by atoms with Crippen LogP contribution in [-0.4, -0.2) is 45.4 Å². The van der Waals surface area contributed by atoms with Gasteiger partial charge in [0.15, 0.2) is 11.5 Å². The van der Waals surface area contributed by atoms with Crippen molar-refractivity contribution in [3.63, 3.8) is 0 Å². The zero-order valence-corrected chi connectivity index (χ0v) is 18.4. The number of nitrogens with zero attached hydrogens (tertiary/aromatic N) is 1. The van der Waals surface area contributed by atoms with E-state index in [9.17, 15) is 13.2 Å². The van der Waals surface area contributed by atoms with Crippen LogP contribution in [0.25, 0.3) is 0 Å². The number of carbonyl (C=O) groups is 1. The van der Waals surface area contributed by atoms with E-state index in [1.54, 1.807) is 49.6 Å². The highest BCUT2D eigenvalue weighted by Gasteiger charge is 2.36. The van der Waals surface area contributed by atoms with E-state index in [0.717, 1.165) is 18.4 Å². The normalized spacial score (nSPS) is 17.3. The first-order valence-corrected chi connectivity index (χ1v) is 11.4. The summed E-state index contributed by atoms with van der Waals surface area (Å²) in [6, 6.07) is 11.2. The van der Waals surface area contributed by atoms with Crippen molar-refractivity contribution in [2.75, 3.05) is 20.8 Å². The maximum Gasteiger partial charge on any atom is 0.244 e. The summed E-state index contributed by atoms with van der Waals surface area (Å²) in [7, 11) is -0.827. The van der Waals surface area contributed by atoms with Crippen molar-refractivity contribution >= 4 is 15.9 Å². The molecule has 0 spiro atoms. The molecule has 3 rings (SSSR count). The van der Waals surface area contributed by atoms with Gasteiger partial charge in [0.2, 0.25) is 15.9 Å². The third-order valence-electron chi connectivity index (χ3n) is 5.27. The van der Waals surface area contributed by atoms with Crippen LogP contribution in [0, 0.1) is 6.92 Å². The molecule has 0 radical (unpaired) electrons. The molecule has 1 N–H and O–H groups in total. The van der Waals surface area contributed by atoms with Crippen molar-refractivity contribution in [2.45, 2.75) is 43.7 Å². The first kappa shape index (κ1) is 22.1. The Morgan fingerprint density at radius 3 is 2.40 bits per heavy atom. The van der Waals surface area contributed by atoms with E-state index in [4.69, 9.17) is 9.47 Å². The topological polar surface area (TPSA) is 84.9 Å². The van der Waals surface area contributed by atoms with Crippen LogP contribution in [0.15, 0.2) is 47.4 Å². The minimum absolute atomic E-state index is 0.0502. The highest BCUT2D eigenvalue weighted by Crippen LogP contribution is 2.30. The second kappa shape index (κ2) is 9.49. The number of hydrogen-bond donors (Lipinski definition) is 1. The van der Waals surface area contributed by atoms with Crippen molar-refractivity contribution in [1.82, 2.24) is 9.62 Å². The molecule has 1 atom stereocenters. The van der Waals surface area contributed by atoms with E-state index < -0.39 is 16.1 Å². The standard InChI is InChI=1S/C22H28N2O5S/c1-16-7-10-18(11-8-16)30(26,27)24(19-6-4-5-13-23-22(19)25)15-17-9-12-20(28-2)21(14-17)29-3/h7-12,14,19H,4-6,13,15H2,1-3H3,(H,23,25). The number of methoxy groups -OCH3 is 2. The first-order valence-electron chi connectivity index (χ1n) is 9.94. The lowest BCUT2D eigenvalue weighted by molar-refractivity contribution is -0.124. The van der Waals surface area contributed by atoms with E-state index in [-0.39, 0.29) is 17.3 Å². The first-order chi connectivity index (χ1) is 14.4. The molecule has 1 fully saturated rings. The number of nitrogens with one attached hydrogen (secondary N) is 1. The minimum Gasteiger partial charge on any atom is -0.493 e. The van der Waals surface area contributed by atoms with Crippen molar-refractivity contribution in [3.8, 4) is 11.5 Å². The number of aryl methyl sites for hydroxylation is 1. The molecular weight excluding hydrogens is 404 g/mol. The second-order valence-electron chi connectivity index (χ2n) is 7.36. The molecule has 1 unspecified atom stereocenters. The predicted octanol–water partition coefficient (Wildman–Crippen LogP) is 2.87. The Balaban J connectivity index is 2.03. The molecule has 1 saturated heterocycles. The van der Waals surface area contributed by atoms with E-state index in [1.807, 2.05) is 6.92 Å². The fourth-order valence-corrected chi connectivity index (χ4v) is 5.17. The zero-order chi connectivity index (χ0) is 21.7. The summed E-state index contributed by atoms with van der Waals surface area (Å²) < 4.78 is 39.1. The van der Waals surface area contributed by atoms with Gasteiger partial charge in [-0.15, -0.1) is 0 Å². The minimum atomic E-state index is -3.90. The van der Waals surface area contributed by atoms with Crippen LogP contribution in [0.2, 0.25) is 0 Å². The average Bonchev–Trinajstić information content (AvgIpc) is 2.96. The van der Waals surface area contributed by atoms with Gasteiger partial charge in [0.25, 0.3) is 0 Å². The summed E-state index contributed by atoms with van der Waals surface area (Å²) >= 11 is 0. The fourth-order valence-electron chi connectivity index (χ4n) is 3.57. The lowest BCUT2D eigenvalue weighted by atomic mass is 10.1. The van der Waals surface area contributed by atoms with Gasteiger partial charge in [-0.05, 0) is 56.0 Å². The van der Waals surface area contributed by atoms with Crippen molar-refractivity contribution in [2.24, 2.45) is 0 Å². The number of hydrogen-bond acceptors (Lipinski definition) is 5. The third kappa shape index (κ3) is 4.76. The summed E-state index contributed by atoms with van der Waals surface area (Å²) in [5.74, 6) is 0.804. The molecule has 0 aromatic heterocycles. The lowest BCUT2D eigenvalue weighted by Gasteiger charge is -2.29. The van der Waals surface area contributed by atoms with Gasteiger partial charge >= 0.3 is 0 Å². The molecule has 1 heterocycles. The largest absolute Gasteiger partial charge is 0.493 e. The highest BCUT2D eigenvalue weighted by atomic mass is 32.2. The van der Waals surface area contributed by atoms with Gasteiger partial charge in [0.1, 0.15) is 6.04 Å². The fraction of sp³-hybridized carbons (Fsp3) is 0.409. The Morgan fingerprint density at radius 2 is 1.73 bits per heavy atom.